The van der Waals surface area contributed by atoms with Crippen LogP contribution in [0.4, 0.5) is 0 Å². The lowest BCUT2D eigenvalue weighted by Crippen LogP contribution is -2.33. The number of hydrogen-bond acceptors (Lipinski definition) is 2. The van der Waals surface area contributed by atoms with E-state index in [1.165, 1.54) is 11.1 Å². The summed E-state index contributed by atoms with van der Waals surface area (Å²) in [6, 6.07) is 8.48. The standard InChI is InChI=1S/C12H17NO/c1-9-4-3-5-10(6-9)12(2)7-11(14)8-13-12/h3-6,11,13-14H,7-8H2,1-2H3. The van der Waals surface area contributed by atoms with Crippen molar-refractivity contribution < 1.29 is 5.11 Å². The number of β-amino-alcohol motifs (C(OH)–C–C–N with tert-alkyl or cyclic N) is 1. The zero-order valence-corrected chi connectivity index (χ0v) is 8.75. The van der Waals surface area contributed by atoms with Crippen molar-refractivity contribution in [3.8, 4) is 0 Å². The normalized spacial score (nSPS) is 32.1. The van der Waals surface area contributed by atoms with Gasteiger partial charge in [0, 0.05) is 12.1 Å². The highest BCUT2D eigenvalue weighted by Gasteiger charge is 2.34. The van der Waals surface area contributed by atoms with Gasteiger partial charge < -0.3 is 10.4 Å². The van der Waals surface area contributed by atoms with Gasteiger partial charge in [-0.05, 0) is 25.8 Å². The smallest absolute Gasteiger partial charge is 0.0685 e. The molecular formula is C12H17NO. The van der Waals surface area contributed by atoms with Gasteiger partial charge in [-0.3, -0.25) is 0 Å². The second-order valence-electron chi connectivity index (χ2n) is 4.44. The highest BCUT2D eigenvalue weighted by Crippen LogP contribution is 2.30. The average molecular weight is 191 g/mol. The van der Waals surface area contributed by atoms with Gasteiger partial charge in [-0.2, -0.15) is 0 Å². The van der Waals surface area contributed by atoms with E-state index in [-0.39, 0.29) is 11.6 Å². The Morgan fingerprint density at radius 3 is 2.86 bits per heavy atom. The largest absolute Gasteiger partial charge is 0.392 e. The van der Waals surface area contributed by atoms with Gasteiger partial charge in [0.1, 0.15) is 0 Å². The quantitative estimate of drug-likeness (QED) is 0.706. The molecule has 1 heterocycles. The lowest BCUT2D eigenvalue weighted by Gasteiger charge is -2.25. The molecule has 2 rings (SSSR count). The zero-order chi connectivity index (χ0) is 10.2. The molecule has 1 aliphatic rings. The molecular weight excluding hydrogens is 174 g/mol. The molecule has 1 saturated heterocycles. The molecule has 0 radical (unpaired) electrons. The van der Waals surface area contributed by atoms with Gasteiger partial charge in [-0.25, -0.2) is 0 Å². The summed E-state index contributed by atoms with van der Waals surface area (Å²) < 4.78 is 0. The van der Waals surface area contributed by atoms with Crippen molar-refractivity contribution in [3.63, 3.8) is 0 Å². The molecule has 1 aromatic carbocycles. The predicted molar refractivity (Wildman–Crippen MR) is 57.2 cm³/mol. The third kappa shape index (κ3) is 1.68. The molecule has 76 valence electrons. The maximum atomic E-state index is 9.53. The van der Waals surface area contributed by atoms with Crippen molar-refractivity contribution in [3.05, 3.63) is 35.4 Å². The van der Waals surface area contributed by atoms with Crippen molar-refractivity contribution in [1.29, 1.82) is 0 Å². The summed E-state index contributed by atoms with van der Waals surface area (Å²) in [5.74, 6) is 0. The van der Waals surface area contributed by atoms with Crippen molar-refractivity contribution in [1.82, 2.24) is 5.32 Å². The van der Waals surface area contributed by atoms with Gasteiger partial charge in [-0.1, -0.05) is 29.8 Å². The summed E-state index contributed by atoms with van der Waals surface area (Å²) in [6.07, 6.45) is 0.594. The Kier molecular flexibility index (Phi) is 2.33. The first-order valence-electron chi connectivity index (χ1n) is 5.10. The van der Waals surface area contributed by atoms with E-state index in [1.807, 2.05) is 0 Å². The molecule has 0 saturated carbocycles. The highest BCUT2D eigenvalue weighted by atomic mass is 16.3. The Bertz CT molecular complexity index is 337. The summed E-state index contributed by atoms with van der Waals surface area (Å²) in [5.41, 5.74) is 2.49. The van der Waals surface area contributed by atoms with Crippen LogP contribution in [0.2, 0.25) is 0 Å². The van der Waals surface area contributed by atoms with Crippen LogP contribution in [-0.4, -0.2) is 17.8 Å². The first-order valence-corrected chi connectivity index (χ1v) is 5.10. The number of hydrogen-bond donors (Lipinski definition) is 2. The Labute approximate surface area is 85.0 Å². The van der Waals surface area contributed by atoms with E-state index in [2.05, 4.69) is 43.4 Å². The van der Waals surface area contributed by atoms with E-state index in [1.54, 1.807) is 0 Å². The van der Waals surface area contributed by atoms with Crippen LogP contribution in [0.15, 0.2) is 24.3 Å². The van der Waals surface area contributed by atoms with E-state index in [9.17, 15) is 5.11 Å². The zero-order valence-electron chi connectivity index (χ0n) is 8.75. The van der Waals surface area contributed by atoms with Crippen molar-refractivity contribution in [2.45, 2.75) is 31.9 Å². The third-order valence-corrected chi connectivity index (χ3v) is 3.03. The Hall–Kier alpha value is -0.860. The summed E-state index contributed by atoms with van der Waals surface area (Å²) in [6.45, 7) is 4.95. The highest BCUT2D eigenvalue weighted by molar-refractivity contribution is 5.29. The summed E-state index contributed by atoms with van der Waals surface area (Å²) in [4.78, 5) is 0. The van der Waals surface area contributed by atoms with Crippen molar-refractivity contribution in [2.24, 2.45) is 0 Å². The average Bonchev–Trinajstić information content (AvgIpc) is 2.48. The molecule has 1 aromatic rings. The van der Waals surface area contributed by atoms with E-state index in [4.69, 9.17) is 0 Å². The van der Waals surface area contributed by atoms with E-state index in [0.29, 0.717) is 6.54 Å². The number of aliphatic hydroxyl groups is 1. The molecule has 0 spiro atoms. The molecule has 2 nitrogen and oxygen atoms in total. The molecule has 0 amide bonds. The molecule has 2 heteroatoms. The van der Waals surface area contributed by atoms with Crippen LogP contribution in [0.1, 0.15) is 24.5 Å². The van der Waals surface area contributed by atoms with Crippen LogP contribution in [0.3, 0.4) is 0 Å². The summed E-state index contributed by atoms with van der Waals surface area (Å²) in [7, 11) is 0. The second kappa shape index (κ2) is 3.37. The SMILES string of the molecule is Cc1cccc(C2(C)CC(O)CN2)c1. The van der Waals surface area contributed by atoms with E-state index < -0.39 is 0 Å². The number of aliphatic hydroxyl groups excluding tert-OH is 1. The topological polar surface area (TPSA) is 32.3 Å². The van der Waals surface area contributed by atoms with Crippen LogP contribution in [0.5, 0.6) is 0 Å². The molecule has 2 N–H and O–H groups in total. The minimum Gasteiger partial charge on any atom is -0.392 e. The first-order chi connectivity index (χ1) is 6.60. The molecule has 0 bridgehead atoms. The lowest BCUT2D eigenvalue weighted by atomic mass is 9.89. The number of nitrogens with one attached hydrogen (secondary N) is 1. The minimum absolute atomic E-state index is 0.0502. The Morgan fingerprint density at radius 1 is 1.50 bits per heavy atom. The number of benzene rings is 1. The van der Waals surface area contributed by atoms with Crippen molar-refractivity contribution in [2.75, 3.05) is 6.54 Å². The molecule has 2 atom stereocenters. The maximum absolute atomic E-state index is 9.53. The van der Waals surface area contributed by atoms with Gasteiger partial charge in [0.25, 0.3) is 0 Å². The van der Waals surface area contributed by atoms with Crippen LogP contribution in [-0.2, 0) is 5.54 Å². The van der Waals surface area contributed by atoms with Gasteiger partial charge >= 0.3 is 0 Å². The second-order valence-corrected chi connectivity index (χ2v) is 4.44. The molecule has 2 unspecified atom stereocenters. The third-order valence-electron chi connectivity index (χ3n) is 3.03. The van der Waals surface area contributed by atoms with Gasteiger partial charge in [0.15, 0.2) is 0 Å². The van der Waals surface area contributed by atoms with Crippen LogP contribution < -0.4 is 5.32 Å². The summed E-state index contributed by atoms with van der Waals surface area (Å²) in [5, 5.41) is 12.9. The van der Waals surface area contributed by atoms with Crippen molar-refractivity contribution >= 4 is 0 Å². The van der Waals surface area contributed by atoms with Crippen LogP contribution >= 0.6 is 0 Å². The fourth-order valence-electron chi connectivity index (χ4n) is 2.17. The van der Waals surface area contributed by atoms with Gasteiger partial charge in [0.05, 0.1) is 6.10 Å². The first kappa shape index (κ1) is 9.69. The Morgan fingerprint density at radius 2 is 2.29 bits per heavy atom. The molecule has 14 heavy (non-hydrogen) atoms. The Balaban J connectivity index is 2.30. The number of aryl methyl sites for hydroxylation is 1. The maximum Gasteiger partial charge on any atom is 0.0685 e. The molecule has 1 fully saturated rings. The molecule has 1 aliphatic heterocycles. The molecule has 0 aromatic heterocycles. The van der Waals surface area contributed by atoms with Crippen LogP contribution in [0, 0.1) is 6.92 Å². The van der Waals surface area contributed by atoms with E-state index >= 15 is 0 Å². The fraction of sp³-hybridized carbons (Fsp3) is 0.500. The van der Waals surface area contributed by atoms with Gasteiger partial charge in [0.2, 0.25) is 0 Å². The predicted octanol–water partition coefficient (Wildman–Crippen LogP) is 1.56. The lowest BCUT2D eigenvalue weighted by molar-refractivity contribution is 0.186. The van der Waals surface area contributed by atoms with Crippen LogP contribution in [0.25, 0.3) is 0 Å². The van der Waals surface area contributed by atoms with Gasteiger partial charge in [-0.15, -0.1) is 0 Å². The summed E-state index contributed by atoms with van der Waals surface area (Å²) >= 11 is 0. The molecule has 0 aliphatic carbocycles. The number of rotatable bonds is 1. The minimum atomic E-state index is -0.208. The van der Waals surface area contributed by atoms with E-state index in [0.717, 1.165) is 6.42 Å². The monoisotopic (exact) mass is 191 g/mol. The fourth-order valence-corrected chi connectivity index (χ4v) is 2.17.